The van der Waals surface area contributed by atoms with Gasteiger partial charge in [-0.05, 0) is 30.7 Å². The maximum Gasteiger partial charge on any atom is 0.221 e. The number of nitrogens with one attached hydrogen (secondary N) is 1. The molecule has 0 bridgehead atoms. The highest BCUT2D eigenvalue weighted by Gasteiger charge is 2.17. The number of aromatic nitrogens is 1. The first-order valence-corrected chi connectivity index (χ1v) is 9.04. The number of amides is 1. The summed E-state index contributed by atoms with van der Waals surface area (Å²) in [5.41, 5.74) is 3.66. The van der Waals surface area contributed by atoms with Crippen molar-refractivity contribution in [3.8, 4) is 23.1 Å². The Morgan fingerprint density at radius 3 is 2.63 bits per heavy atom. The smallest absolute Gasteiger partial charge is 0.221 e. The van der Waals surface area contributed by atoms with Gasteiger partial charge in [0.25, 0.3) is 0 Å². The molecule has 3 rings (SSSR count). The first-order valence-electron chi connectivity index (χ1n) is 8.23. The van der Waals surface area contributed by atoms with Crippen LogP contribution in [-0.4, -0.2) is 16.0 Å². The van der Waals surface area contributed by atoms with Crippen LogP contribution in [0, 0.1) is 18.3 Å². The van der Waals surface area contributed by atoms with E-state index >= 15 is 0 Å². The predicted molar refractivity (Wildman–Crippen MR) is 108 cm³/mol. The number of nitriles is 1. The molecule has 0 saturated heterocycles. The largest absolute Gasteiger partial charge is 0.508 e. The van der Waals surface area contributed by atoms with E-state index in [-0.39, 0.29) is 11.7 Å². The lowest BCUT2D eigenvalue weighted by Crippen LogP contribution is -2.05. The molecule has 27 heavy (non-hydrogen) atoms. The van der Waals surface area contributed by atoms with E-state index in [0.717, 1.165) is 11.1 Å². The second-order valence-corrected chi connectivity index (χ2v) is 7.01. The first kappa shape index (κ1) is 18.4. The standard InChI is InChI=1S/C21H17N3O2S/c1-13-6-8-16(9-7-13)19-21(23-14(2)25)27-20(24-19)17(12-22)10-15-4-3-5-18(26)11-15/h3-11,26H,1-2H3,(H,23,25)/b17-10+. The van der Waals surface area contributed by atoms with Crippen molar-refractivity contribution in [1.29, 1.82) is 5.26 Å². The van der Waals surface area contributed by atoms with Gasteiger partial charge in [-0.2, -0.15) is 5.26 Å². The lowest BCUT2D eigenvalue weighted by molar-refractivity contribution is -0.114. The van der Waals surface area contributed by atoms with E-state index in [0.29, 0.717) is 26.8 Å². The lowest BCUT2D eigenvalue weighted by atomic mass is 10.1. The van der Waals surface area contributed by atoms with E-state index < -0.39 is 0 Å². The number of rotatable bonds is 4. The quantitative estimate of drug-likeness (QED) is 0.639. The number of aromatic hydroxyl groups is 1. The molecule has 1 amide bonds. The molecule has 0 fully saturated rings. The topological polar surface area (TPSA) is 86.0 Å². The number of carbonyl (C=O) groups excluding carboxylic acids is 1. The highest BCUT2D eigenvalue weighted by molar-refractivity contribution is 7.17. The molecule has 0 radical (unpaired) electrons. The lowest BCUT2D eigenvalue weighted by Gasteiger charge is -2.03. The van der Waals surface area contributed by atoms with E-state index in [9.17, 15) is 15.2 Å². The normalized spacial score (nSPS) is 11.1. The Hall–Kier alpha value is -3.43. The molecule has 0 aliphatic carbocycles. The molecule has 1 aromatic heterocycles. The van der Waals surface area contributed by atoms with E-state index in [1.807, 2.05) is 31.2 Å². The van der Waals surface area contributed by atoms with E-state index in [1.54, 1.807) is 30.3 Å². The van der Waals surface area contributed by atoms with Crippen molar-refractivity contribution >= 4 is 33.9 Å². The van der Waals surface area contributed by atoms with E-state index in [2.05, 4.69) is 16.4 Å². The van der Waals surface area contributed by atoms with Crippen LogP contribution in [0.5, 0.6) is 5.75 Å². The third-order valence-corrected chi connectivity index (χ3v) is 4.78. The van der Waals surface area contributed by atoms with Crippen molar-refractivity contribution < 1.29 is 9.90 Å². The number of aryl methyl sites for hydroxylation is 1. The minimum absolute atomic E-state index is 0.124. The van der Waals surface area contributed by atoms with Crippen LogP contribution in [0.15, 0.2) is 48.5 Å². The number of nitrogens with zero attached hydrogens (tertiary/aromatic N) is 2. The Kier molecular flexibility index (Phi) is 5.34. The van der Waals surface area contributed by atoms with Crippen molar-refractivity contribution in [2.24, 2.45) is 0 Å². The summed E-state index contributed by atoms with van der Waals surface area (Å²) in [6.07, 6.45) is 1.66. The summed E-state index contributed by atoms with van der Waals surface area (Å²) in [5.74, 6) is -0.0755. The summed E-state index contributed by atoms with van der Waals surface area (Å²) in [6.45, 7) is 3.43. The van der Waals surface area contributed by atoms with Crippen LogP contribution in [0.1, 0.15) is 23.1 Å². The summed E-state index contributed by atoms with van der Waals surface area (Å²) < 4.78 is 0. The Morgan fingerprint density at radius 1 is 1.26 bits per heavy atom. The minimum Gasteiger partial charge on any atom is -0.508 e. The average Bonchev–Trinajstić information content (AvgIpc) is 3.03. The summed E-state index contributed by atoms with van der Waals surface area (Å²) >= 11 is 1.25. The highest BCUT2D eigenvalue weighted by atomic mass is 32.1. The van der Waals surface area contributed by atoms with Gasteiger partial charge in [0.1, 0.15) is 27.5 Å². The molecule has 3 aromatic rings. The zero-order valence-corrected chi connectivity index (χ0v) is 15.7. The SMILES string of the molecule is CC(=O)Nc1sc(/C(C#N)=C/c2cccc(O)c2)nc1-c1ccc(C)cc1. The second kappa shape index (κ2) is 7.85. The number of thiazole rings is 1. The molecule has 0 aliphatic heterocycles. The monoisotopic (exact) mass is 375 g/mol. The van der Waals surface area contributed by atoms with Crippen LogP contribution in [0.25, 0.3) is 22.9 Å². The maximum absolute atomic E-state index is 11.6. The fraction of sp³-hybridized carbons (Fsp3) is 0.0952. The van der Waals surface area contributed by atoms with Crippen molar-refractivity contribution in [3.05, 3.63) is 64.7 Å². The van der Waals surface area contributed by atoms with Gasteiger partial charge in [0, 0.05) is 12.5 Å². The number of anilines is 1. The summed E-state index contributed by atoms with van der Waals surface area (Å²) in [7, 11) is 0. The fourth-order valence-electron chi connectivity index (χ4n) is 2.51. The fourth-order valence-corrected chi connectivity index (χ4v) is 3.51. The molecule has 134 valence electrons. The molecular weight excluding hydrogens is 358 g/mol. The van der Waals surface area contributed by atoms with Gasteiger partial charge in [-0.1, -0.05) is 53.3 Å². The van der Waals surface area contributed by atoms with Crippen LogP contribution in [0.4, 0.5) is 5.00 Å². The number of phenolic OH excluding ortho intramolecular Hbond substituents is 1. The van der Waals surface area contributed by atoms with Gasteiger partial charge in [0.05, 0.1) is 5.57 Å². The molecule has 5 nitrogen and oxygen atoms in total. The molecule has 0 saturated carbocycles. The molecule has 0 atom stereocenters. The molecule has 0 spiro atoms. The van der Waals surface area contributed by atoms with E-state index in [1.165, 1.54) is 18.3 Å². The van der Waals surface area contributed by atoms with Gasteiger partial charge in [-0.15, -0.1) is 0 Å². The highest BCUT2D eigenvalue weighted by Crippen LogP contribution is 2.36. The second-order valence-electron chi connectivity index (χ2n) is 6.01. The number of hydrogen-bond donors (Lipinski definition) is 2. The molecular formula is C21H17N3O2S. The van der Waals surface area contributed by atoms with Crippen LogP contribution >= 0.6 is 11.3 Å². The molecule has 0 unspecified atom stereocenters. The van der Waals surface area contributed by atoms with Crippen LogP contribution in [-0.2, 0) is 4.79 Å². The van der Waals surface area contributed by atoms with Gasteiger partial charge >= 0.3 is 0 Å². The van der Waals surface area contributed by atoms with Crippen molar-refractivity contribution in [2.45, 2.75) is 13.8 Å². The van der Waals surface area contributed by atoms with Gasteiger partial charge in [0.2, 0.25) is 5.91 Å². The Labute approximate surface area is 161 Å². The van der Waals surface area contributed by atoms with Crippen molar-refractivity contribution in [2.75, 3.05) is 5.32 Å². The number of phenols is 1. The van der Waals surface area contributed by atoms with Gasteiger partial charge < -0.3 is 10.4 Å². The molecule has 2 N–H and O–H groups in total. The average molecular weight is 375 g/mol. The summed E-state index contributed by atoms with van der Waals surface area (Å²) in [4.78, 5) is 16.2. The van der Waals surface area contributed by atoms with Gasteiger partial charge in [-0.3, -0.25) is 4.79 Å². The molecule has 2 aromatic carbocycles. The number of allylic oxidation sites excluding steroid dienone is 1. The minimum atomic E-state index is -0.200. The van der Waals surface area contributed by atoms with Crippen LogP contribution in [0.2, 0.25) is 0 Å². The van der Waals surface area contributed by atoms with E-state index in [4.69, 9.17) is 0 Å². The molecule has 0 aliphatic rings. The Morgan fingerprint density at radius 2 is 2.00 bits per heavy atom. The maximum atomic E-state index is 11.6. The Bertz CT molecular complexity index is 1060. The van der Waals surface area contributed by atoms with Crippen molar-refractivity contribution in [3.63, 3.8) is 0 Å². The van der Waals surface area contributed by atoms with Gasteiger partial charge in [-0.25, -0.2) is 4.98 Å². The zero-order chi connectivity index (χ0) is 19.4. The van der Waals surface area contributed by atoms with Crippen LogP contribution < -0.4 is 5.32 Å². The van der Waals surface area contributed by atoms with Crippen LogP contribution in [0.3, 0.4) is 0 Å². The molecule has 6 heteroatoms. The number of hydrogen-bond acceptors (Lipinski definition) is 5. The summed E-state index contributed by atoms with van der Waals surface area (Å²) in [6, 6.07) is 16.6. The Balaban J connectivity index is 2.08. The molecule has 1 heterocycles. The summed E-state index contributed by atoms with van der Waals surface area (Å²) in [5, 5.41) is 23.1. The first-order chi connectivity index (χ1) is 13.0. The van der Waals surface area contributed by atoms with Crippen molar-refractivity contribution in [1.82, 2.24) is 4.98 Å². The predicted octanol–water partition coefficient (Wildman–Crippen LogP) is 4.85. The van der Waals surface area contributed by atoms with Gasteiger partial charge in [0.15, 0.2) is 0 Å². The number of carbonyl (C=O) groups is 1. The third kappa shape index (κ3) is 4.40. The zero-order valence-electron chi connectivity index (χ0n) is 14.9. The third-order valence-electron chi connectivity index (χ3n) is 3.77. The number of benzene rings is 2.